The molecular formula is C20H23ClN2O6. The molecule has 0 heterocycles. The lowest BCUT2D eigenvalue weighted by molar-refractivity contribution is 0.0846. The first-order valence-corrected chi connectivity index (χ1v) is 9.15. The summed E-state index contributed by atoms with van der Waals surface area (Å²) in [4.78, 5) is 24.7. The van der Waals surface area contributed by atoms with E-state index in [1.54, 1.807) is 12.1 Å². The fourth-order valence-corrected chi connectivity index (χ4v) is 2.73. The quantitative estimate of drug-likeness (QED) is 0.634. The summed E-state index contributed by atoms with van der Waals surface area (Å²) < 4.78 is 21.1. The number of hydrazine groups is 1. The minimum Gasteiger partial charge on any atom is -0.493 e. The number of carbonyl (C=O) groups is 2. The highest BCUT2D eigenvalue weighted by Crippen LogP contribution is 2.36. The molecule has 2 amide bonds. The lowest BCUT2D eigenvalue weighted by Gasteiger charge is -2.13. The van der Waals surface area contributed by atoms with Crippen LogP contribution in [0.3, 0.4) is 0 Å². The monoisotopic (exact) mass is 422 g/mol. The molecule has 2 N–H and O–H groups in total. The second kappa shape index (κ2) is 10.4. The van der Waals surface area contributed by atoms with Gasteiger partial charge in [-0.1, -0.05) is 18.5 Å². The summed E-state index contributed by atoms with van der Waals surface area (Å²) in [6, 6.07) is 7.60. The number of carbonyl (C=O) groups excluding carboxylic acids is 2. The van der Waals surface area contributed by atoms with E-state index in [9.17, 15) is 9.59 Å². The molecule has 2 rings (SSSR count). The predicted molar refractivity (Wildman–Crippen MR) is 108 cm³/mol. The van der Waals surface area contributed by atoms with E-state index in [0.29, 0.717) is 29.6 Å². The maximum Gasteiger partial charge on any atom is 0.269 e. The average Bonchev–Trinajstić information content (AvgIpc) is 2.74. The van der Waals surface area contributed by atoms with Gasteiger partial charge in [-0.25, -0.2) is 0 Å². The molecule has 0 aromatic heterocycles. The van der Waals surface area contributed by atoms with Crippen LogP contribution < -0.4 is 29.8 Å². The van der Waals surface area contributed by atoms with Crippen LogP contribution in [0.1, 0.15) is 34.1 Å². The third kappa shape index (κ3) is 5.45. The molecule has 29 heavy (non-hydrogen) atoms. The Morgan fingerprint density at radius 1 is 0.862 bits per heavy atom. The molecule has 0 fully saturated rings. The molecule has 0 aliphatic heterocycles. The van der Waals surface area contributed by atoms with Crippen LogP contribution in [0.2, 0.25) is 5.02 Å². The number of benzene rings is 2. The molecule has 0 aliphatic carbocycles. The zero-order chi connectivity index (χ0) is 21.4. The number of nitrogens with one attached hydrogen (secondary N) is 2. The topological polar surface area (TPSA) is 95.1 Å². The van der Waals surface area contributed by atoms with Crippen molar-refractivity contribution in [1.29, 1.82) is 0 Å². The van der Waals surface area contributed by atoms with Crippen LogP contribution in [0.5, 0.6) is 23.0 Å². The van der Waals surface area contributed by atoms with Crippen LogP contribution in [0, 0.1) is 0 Å². The Morgan fingerprint density at radius 3 is 2.07 bits per heavy atom. The highest BCUT2D eigenvalue weighted by molar-refractivity contribution is 6.32. The molecule has 2 aromatic carbocycles. The van der Waals surface area contributed by atoms with Crippen molar-refractivity contribution in [2.75, 3.05) is 27.9 Å². The zero-order valence-electron chi connectivity index (χ0n) is 16.6. The van der Waals surface area contributed by atoms with Crippen LogP contribution in [0.25, 0.3) is 0 Å². The van der Waals surface area contributed by atoms with Gasteiger partial charge in [-0.3, -0.25) is 20.4 Å². The van der Waals surface area contributed by atoms with Crippen LogP contribution in [0.15, 0.2) is 30.3 Å². The Morgan fingerprint density at radius 2 is 1.48 bits per heavy atom. The fourth-order valence-electron chi connectivity index (χ4n) is 2.45. The Bertz CT molecular complexity index is 888. The Hall–Kier alpha value is -3.13. The highest BCUT2D eigenvalue weighted by atomic mass is 35.5. The summed E-state index contributed by atoms with van der Waals surface area (Å²) in [5.41, 5.74) is 5.16. The molecule has 0 radical (unpaired) electrons. The van der Waals surface area contributed by atoms with Gasteiger partial charge in [-0.15, -0.1) is 0 Å². The largest absolute Gasteiger partial charge is 0.493 e. The average molecular weight is 423 g/mol. The third-order valence-electron chi connectivity index (χ3n) is 3.87. The molecule has 0 aliphatic rings. The molecule has 0 saturated heterocycles. The molecular weight excluding hydrogens is 400 g/mol. The highest BCUT2D eigenvalue weighted by Gasteiger charge is 2.17. The second-order valence-electron chi connectivity index (χ2n) is 5.82. The standard InChI is InChI=1S/C20H23ClN2O6/c1-5-8-29-15-7-6-12(10-16(15)26-2)19(24)22-23-20(25)13-9-14(21)18(28-4)17(11-13)27-3/h6-7,9-11H,5,8H2,1-4H3,(H,22,24)(H,23,25). The molecule has 0 saturated carbocycles. The number of hydrogen-bond acceptors (Lipinski definition) is 6. The van der Waals surface area contributed by atoms with Gasteiger partial charge >= 0.3 is 0 Å². The van der Waals surface area contributed by atoms with Gasteiger partial charge in [-0.05, 0) is 36.8 Å². The molecule has 0 atom stereocenters. The summed E-state index contributed by atoms with van der Waals surface area (Å²) in [5, 5.41) is 0.204. The first kappa shape index (κ1) is 22.2. The fraction of sp³-hybridized carbons (Fsp3) is 0.300. The van der Waals surface area contributed by atoms with Gasteiger partial charge in [-0.2, -0.15) is 0 Å². The first-order valence-electron chi connectivity index (χ1n) is 8.78. The van der Waals surface area contributed by atoms with Crippen LogP contribution in [-0.4, -0.2) is 39.8 Å². The number of amides is 2. The maximum absolute atomic E-state index is 12.4. The summed E-state index contributed by atoms with van der Waals surface area (Å²) in [6.45, 7) is 2.52. The van der Waals surface area contributed by atoms with Gasteiger partial charge in [0.05, 0.1) is 33.0 Å². The summed E-state index contributed by atoms with van der Waals surface area (Å²) in [7, 11) is 4.36. The van der Waals surface area contributed by atoms with Crippen molar-refractivity contribution in [2.45, 2.75) is 13.3 Å². The van der Waals surface area contributed by atoms with Crippen LogP contribution in [-0.2, 0) is 0 Å². The first-order chi connectivity index (χ1) is 13.9. The summed E-state index contributed by atoms with van der Waals surface area (Å²) in [5.74, 6) is 0.469. The van der Waals surface area contributed by atoms with E-state index in [4.69, 9.17) is 30.5 Å². The molecule has 2 aromatic rings. The van der Waals surface area contributed by atoms with Gasteiger partial charge in [0.25, 0.3) is 11.8 Å². The Balaban J connectivity index is 2.09. The predicted octanol–water partition coefficient (Wildman–Crippen LogP) is 3.23. The lowest BCUT2D eigenvalue weighted by atomic mass is 10.2. The third-order valence-corrected chi connectivity index (χ3v) is 4.15. The molecule has 9 heteroatoms. The van der Waals surface area contributed by atoms with Crippen LogP contribution >= 0.6 is 11.6 Å². The number of methoxy groups -OCH3 is 3. The van der Waals surface area contributed by atoms with Crippen molar-refractivity contribution in [3.63, 3.8) is 0 Å². The molecule has 0 bridgehead atoms. The van der Waals surface area contributed by atoms with Gasteiger partial charge in [0.15, 0.2) is 23.0 Å². The van der Waals surface area contributed by atoms with Crippen molar-refractivity contribution in [3.8, 4) is 23.0 Å². The van der Waals surface area contributed by atoms with Crippen molar-refractivity contribution in [2.24, 2.45) is 0 Å². The van der Waals surface area contributed by atoms with Crippen molar-refractivity contribution < 1.29 is 28.5 Å². The van der Waals surface area contributed by atoms with Gasteiger partial charge in [0.2, 0.25) is 0 Å². The smallest absolute Gasteiger partial charge is 0.269 e. The van der Waals surface area contributed by atoms with E-state index in [0.717, 1.165) is 6.42 Å². The Kier molecular flexibility index (Phi) is 7.97. The normalized spacial score (nSPS) is 10.1. The Labute approximate surface area is 174 Å². The SMILES string of the molecule is CCCOc1ccc(C(=O)NNC(=O)c2cc(Cl)c(OC)c(OC)c2)cc1OC. The zero-order valence-corrected chi connectivity index (χ0v) is 17.4. The van der Waals surface area contributed by atoms with Gasteiger partial charge in [0.1, 0.15) is 0 Å². The van der Waals surface area contributed by atoms with Crippen molar-refractivity contribution in [1.82, 2.24) is 10.9 Å². The van der Waals surface area contributed by atoms with E-state index < -0.39 is 11.8 Å². The molecule has 8 nitrogen and oxygen atoms in total. The summed E-state index contributed by atoms with van der Waals surface area (Å²) in [6.07, 6.45) is 0.845. The van der Waals surface area contributed by atoms with E-state index >= 15 is 0 Å². The minimum absolute atomic E-state index is 0.189. The van der Waals surface area contributed by atoms with E-state index in [1.165, 1.54) is 39.5 Å². The van der Waals surface area contributed by atoms with Gasteiger partial charge < -0.3 is 18.9 Å². The number of rotatable bonds is 8. The maximum atomic E-state index is 12.4. The van der Waals surface area contributed by atoms with E-state index in [-0.39, 0.29) is 16.1 Å². The van der Waals surface area contributed by atoms with Crippen molar-refractivity contribution >= 4 is 23.4 Å². The molecule has 0 spiro atoms. The lowest BCUT2D eigenvalue weighted by Crippen LogP contribution is -2.41. The number of halogens is 1. The van der Waals surface area contributed by atoms with Crippen molar-refractivity contribution in [3.05, 3.63) is 46.5 Å². The van der Waals surface area contributed by atoms with Gasteiger partial charge in [0, 0.05) is 11.1 Å². The van der Waals surface area contributed by atoms with Crippen LogP contribution in [0.4, 0.5) is 0 Å². The number of hydrogen-bond donors (Lipinski definition) is 2. The summed E-state index contributed by atoms with van der Waals surface area (Å²) >= 11 is 6.10. The minimum atomic E-state index is -0.573. The molecule has 0 unspecified atom stereocenters. The molecule has 156 valence electrons. The second-order valence-corrected chi connectivity index (χ2v) is 6.22. The van der Waals surface area contributed by atoms with E-state index in [1.807, 2.05) is 6.92 Å². The van der Waals surface area contributed by atoms with E-state index in [2.05, 4.69) is 10.9 Å². The number of ether oxygens (including phenoxy) is 4.